The van der Waals surface area contributed by atoms with Crippen molar-refractivity contribution in [1.82, 2.24) is 8.61 Å². The Morgan fingerprint density at radius 3 is 2.22 bits per heavy atom. The smallest absolute Gasteiger partial charge is 0.282 e. The molecule has 0 aromatic carbocycles. The van der Waals surface area contributed by atoms with Crippen molar-refractivity contribution in [3.8, 4) is 0 Å². The number of rotatable bonds is 2. The fraction of sp³-hybridized carbons (Fsp3) is 1.00. The highest BCUT2D eigenvalue weighted by atomic mass is 32.2. The third-order valence-electron chi connectivity index (χ3n) is 3.75. The van der Waals surface area contributed by atoms with Crippen molar-refractivity contribution >= 4 is 10.2 Å². The summed E-state index contributed by atoms with van der Waals surface area (Å²) >= 11 is 0. The zero-order valence-electron chi connectivity index (χ0n) is 11.5. The van der Waals surface area contributed by atoms with Crippen LogP contribution in [0.5, 0.6) is 0 Å². The molecular weight excluding hydrogens is 252 g/mol. The van der Waals surface area contributed by atoms with Crippen molar-refractivity contribution in [3.05, 3.63) is 0 Å². The van der Waals surface area contributed by atoms with E-state index in [0.29, 0.717) is 19.6 Å². The van der Waals surface area contributed by atoms with E-state index in [1.807, 2.05) is 20.8 Å². The maximum atomic E-state index is 12.6. The molecular formula is C12H24N2O3S. The van der Waals surface area contributed by atoms with Crippen LogP contribution in [0.3, 0.4) is 0 Å². The standard InChI is InChI=1S/C12H24N2O3S/c1-10-6-4-5-7-14(10)18(15,16)13-8-11(2)17-12(3)9-13/h10-12H,4-9H2,1-3H3/t10-,11-,12-/m1/s1. The first-order valence-electron chi connectivity index (χ1n) is 6.83. The Balaban J connectivity index is 2.14. The first-order chi connectivity index (χ1) is 8.41. The number of ether oxygens (including phenoxy) is 1. The van der Waals surface area contributed by atoms with Crippen LogP contribution in [0, 0.1) is 0 Å². The van der Waals surface area contributed by atoms with Gasteiger partial charge in [0.25, 0.3) is 10.2 Å². The van der Waals surface area contributed by atoms with Crippen LogP contribution >= 0.6 is 0 Å². The molecule has 2 aliphatic heterocycles. The van der Waals surface area contributed by atoms with E-state index in [4.69, 9.17) is 4.74 Å². The Hall–Kier alpha value is -0.170. The molecule has 2 fully saturated rings. The molecule has 0 aromatic heterocycles. The number of nitrogens with zero attached hydrogens (tertiary/aromatic N) is 2. The summed E-state index contributed by atoms with van der Waals surface area (Å²) in [6.07, 6.45) is 3.02. The SMILES string of the molecule is C[C@@H]1CN(S(=O)(=O)N2CCCC[C@H]2C)C[C@@H](C)O1. The zero-order chi connectivity index (χ0) is 13.3. The van der Waals surface area contributed by atoms with Crippen LogP contribution in [-0.2, 0) is 14.9 Å². The first kappa shape index (κ1) is 14.2. The van der Waals surface area contributed by atoms with E-state index in [-0.39, 0.29) is 18.2 Å². The lowest BCUT2D eigenvalue weighted by Crippen LogP contribution is -2.55. The lowest BCUT2D eigenvalue weighted by atomic mass is 10.1. The first-order valence-corrected chi connectivity index (χ1v) is 8.23. The molecule has 0 radical (unpaired) electrons. The van der Waals surface area contributed by atoms with E-state index in [2.05, 4.69) is 0 Å². The van der Waals surface area contributed by atoms with Gasteiger partial charge >= 0.3 is 0 Å². The number of morpholine rings is 1. The van der Waals surface area contributed by atoms with Gasteiger partial charge in [0, 0.05) is 25.7 Å². The summed E-state index contributed by atoms with van der Waals surface area (Å²) in [6.45, 7) is 7.45. The summed E-state index contributed by atoms with van der Waals surface area (Å²) in [5.41, 5.74) is 0. The second-order valence-corrected chi connectivity index (χ2v) is 7.42. The quantitative estimate of drug-likeness (QED) is 0.762. The van der Waals surface area contributed by atoms with Gasteiger partial charge in [0.1, 0.15) is 0 Å². The van der Waals surface area contributed by atoms with Gasteiger partial charge in [-0.25, -0.2) is 0 Å². The minimum atomic E-state index is -3.31. The second kappa shape index (κ2) is 5.45. The molecule has 18 heavy (non-hydrogen) atoms. The third kappa shape index (κ3) is 2.87. The highest BCUT2D eigenvalue weighted by molar-refractivity contribution is 7.86. The molecule has 0 unspecified atom stereocenters. The molecule has 2 saturated heterocycles. The molecule has 0 aromatic rings. The molecule has 2 rings (SSSR count). The van der Waals surface area contributed by atoms with Crippen LogP contribution in [0.2, 0.25) is 0 Å². The van der Waals surface area contributed by atoms with E-state index in [1.54, 1.807) is 8.61 Å². The summed E-state index contributed by atoms with van der Waals surface area (Å²) < 4.78 is 34.1. The molecule has 6 heteroatoms. The van der Waals surface area contributed by atoms with Crippen LogP contribution in [-0.4, -0.2) is 54.9 Å². The molecule has 0 spiro atoms. The van der Waals surface area contributed by atoms with E-state index in [0.717, 1.165) is 19.3 Å². The van der Waals surface area contributed by atoms with E-state index in [9.17, 15) is 8.42 Å². The molecule has 2 aliphatic rings. The Morgan fingerprint density at radius 1 is 1.06 bits per heavy atom. The van der Waals surface area contributed by atoms with Crippen molar-refractivity contribution < 1.29 is 13.2 Å². The molecule has 3 atom stereocenters. The molecule has 106 valence electrons. The van der Waals surface area contributed by atoms with Crippen molar-refractivity contribution in [2.75, 3.05) is 19.6 Å². The molecule has 5 nitrogen and oxygen atoms in total. The van der Waals surface area contributed by atoms with Gasteiger partial charge in [-0.3, -0.25) is 0 Å². The molecule has 0 saturated carbocycles. The summed E-state index contributed by atoms with van der Waals surface area (Å²) in [5, 5.41) is 0. The Kier molecular flexibility index (Phi) is 4.31. The summed E-state index contributed by atoms with van der Waals surface area (Å²) in [4.78, 5) is 0. The lowest BCUT2D eigenvalue weighted by Gasteiger charge is -2.40. The maximum Gasteiger partial charge on any atom is 0.282 e. The molecule has 0 amide bonds. The maximum absolute atomic E-state index is 12.6. The van der Waals surface area contributed by atoms with Crippen molar-refractivity contribution in [1.29, 1.82) is 0 Å². The normalized spacial score (nSPS) is 36.7. The average molecular weight is 276 g/mol. The van der Waals surface area contributed by atoms with Crippen molar-refractivity contribution in [2.24, 2.45) is 0 Å². The molecule has 2 heterocycles. The minimum Gasteiger partial charge on any atom is -0.373 e. The van der Waals surface area contributed by atoms with E-state index >= 15 is 0 Å². The highest BCUT2D eigenvalue weighted by Gasteiger charge is 2.38. The lowest BCUT2D eigenvalue weighted by molar-refractivity contribution is -0.0459. The van der Waals surface area contributed by atoms with Gasteiger partial charge in [-0.2, -0.15) is 17.0 Å². The Labute approximate surface area is 110 Å². The minimum absolute atomic E-state index is 0.0244. The Bertz CT molecular complexity index is 375. The fourth-order valence-electron chi connectivity index (χ4n) is 2.88. The Morgan fingerprint density at radius 2 is 1.67 bits per heavy atom. The summed E-state index contributed by atoms with van der Waals surface area (Å²) in [5.74, 6) is 0. The highest BCUT2D eigenvalue weighted by Crippen LogP contribution is 2.24. The molecule has 0 bridgehead atoms. The molecule has 0 aliphatic carbocycles. The number of piperidine rings is 1. The monoisotopic (exact) mass is 276 g/mol. The van der Waals surface area contributed by atoms with E-state index in [1.165, 1.54) is 0 Å². The van der Waals surface area contributed by atoms with Crippen LogP contribution in [0.15, 0.2) is 0 Å². The van der Waals surface area contributed by atoms with Gasteiger partial charge in [-0.1, -0.05) is 6.42 Å². The van der Waals surface area contributed by atoms with Gasteiger partial charge in [-0.15, -0.1) is 0 Å². The third-order valence-corrected chi connectivity index (χ3v) is 5.84. The van der Waals surface area contributed by atoms with Gasteiger partial charge < -0.3 is 4.74 Å². The predicted octanol–water partition coefficient (Wildman–Crippen LogP) is 1.21. The second-order valence-electron chi connectivity index (χ2n) is 5.54. The van der Waals surface area contributed by atoms with Crippen LogP contribution in [0.1, 0.15) is 40.0 Å². The number of hydrogen-bond acceptors (Lipinski definition) is 3. The van der Waals surface area contributed by atoms with Gasteiger partial charge in [0.2, 0.25) is 0 Å². The topological polar surface area (TPSA) is 49.9 Å². The predicted molar refractivity (Wildman–Crippen MR) is 70.5 cm³/mol. The van der Waals surface area contributed by atoms with Crippen LogP contribution in [0.4, 0.5) is 0 Å². The fourth-order valence-corrected chi connectivity index (χ4v) is 4.90. The van der Waals surface area contributed by atoms with Crippen LogP contribution in [0.25, 0.3) is 0 Å². The van der Waals surface area contributed by atoms with Gasteiger partial charge in [0.15, 0.2) is 0 Å². The zero-order valence-corrected chi connectivity index (χ0v) is 12.3. The summed E-state index contributed by atoms with van der Waals surface area (Å²) in [7, 11) is -3.31. The van der Waals surface area contributed by atoms with Crippen LogP contribution < -0.4 is 0 Å². The summed E-state index contributed by atoms with van der Waals surface area (Å²) in [6, 6.07) is 0.122. The van der Waals surface area contributed by atoms with Gasteiger partial charge in [-0.05, 0) is 33.6 Å². The van der Waals surface area contributed by atoms with Crippen molar-refractivity contribution in [3.63, 3.8) is 0 Å². The van der Waals surface area contributed by atoms with Gasteiger partial charge in [0.05, 0.1) is 12.2 Å². The van der Waals surface area contributed by atoms with E-state index < -0.39 is 10.2 Å². The number of hydrogen-bond donors (Lipinski definition) is 0. The average Bonchev–Trinajstić information content (AvgIpc) is 2.28. The van der Waals surface area contributed by atoms with Crippen molar-refractivity contribution in [2.45, 2.75) is 58.3 Å². The largest absolute Gasteiger partial charge is 0.373 e. The molecule has 0 N–H and O–H groups in total.